The van der Waals surface area contributed by atoms with Crippen LogP contribution in [0, 0.1) is 11.8 Å². The molecule has 0 spiro atoms. The molecule has 0 aliphatic carbocycles. The van der Waals surface area contributed by atoms with Crippen LogP contribution < -0.4 is 23.7 Å². The van der Waals surface area contributed by atoms with E-state index in [-0.39, 0.29) is 37.8 Å². The van der Waals surface area contributed by atoms with E-state index in [1.165, 1.54) is 0 Å². The van der Waals surface area contributed by atoms with Gasteiger partial charge in [-0.15, -0.1) is 0 Å². The highest BCUT2D eigenvalue weighted by Gasteiger charge is 2.49. The van der Waals surface area contributed by atoms with Crippen molar-refractivity contribution in [1.29, 1.82) is 0 Å². The molecule has 4 atom stereocenters. The Morgan fingerprint density at radius 3 is 2.26 bits per heavy atom. The maximum absolute atomic E-state index is 6.11. The minimum atomic E-state index is -0.339. The Morgan fingerprint density at radius 1 is 0.704 bits per heavy atom. The molecule has 140 valence electrons. The predicted octanol–water partition coefficient (Wildman–Crippen LogP) is 2.88. The van der Waals surface area contributed by atoms with Gasteiger partial charge >= 0.3 is 0 Å². The SMILES string of the molecule is c1cc2c(cc1O[C@@H]1OC[C@@H]3[C@H]1CO[C@H]3c1ccc3c(c1)OCO3)OCO2. The highest BCUT2D eigenvalue weighted by atomic mass is 16.7. The summed E-state index contributed by atoms with van der Waals surface area (Å²) in [5, 5.41) is 0. The van der Waals surface area contributed by atoms with E-state index in [0.717, 1.165) is 22.8 Å². The summed E-state index contributed by atoms with van der Waals surface area (Å²) in [4.78, 5) is 0. The molecule has 2 fully saturated rings. The van der Waals surface area contributed by atoms with Gasteiger partial charge in [-0.1, -0.05) is 6.07 Å². The minimum Gasteiger partial charge on any atom is -0.464 e. The summed E-state index contributed by atoms with van der Waals surface area (Å²) >= 11 is 0. The fourth-order valence-corrected chi connectivity index (χ4v) is 4.15. The van der Waals surface area contributed by atoms with Crippen molar-refractivity contribution in [3.63, 3.8) is 0 Å². The smallest absolute Gasteiger partial charge is 0.231 e. The van der Waals surface area contributed by atoms with Gasteiger partial charge in [0.2, 0.25) is 19.9 Å². The third-order valence-corrected chi connectivity index (χ3v) is 5.53. The Hall–Kier alpha value is -2.64. The van der Waals surface area contributed by atoms with Crippen LogP contribution in [0.25, 0.3) is 0 Å². The molecule has 2 aromatic carbocycles. The van der Waals surface area contributed by atoms with Gasteiger partial charge in [0, 0.05) is 12.0 Å². The molecule has 4 aliphatic heterocycles. The Labute approximate surface area is 155 Å². The van der Waals surface area contributed by atoms with Gasteiger partial charge in [-0.25, -0.2) is 0 Å². The maximum atomic E-state index is 6.11. The average Bonchev–Trinajstić information content (AvgIpc) is 3.46. The first-order valence-electron chi connectivity index (χ1n) is 9.04. The van der Waals surface area contributed by atoms with Crippen molar-refractivity contribution in [2.24, 2.45) is 11.8 Å². The fourth-order valence-electron chi connectivity index (χ4n) is 4.15. The topological polar surface area (TPSA) is 64.6 Å². The number of ether oxygens (including phenoxy) is 7. The molecule has 0 N–H and O–H groups in total. The van der Waals surface area contributed by atoms with Crippen LogP contribution in [0.2, 0.25) is 0 Å². The van der Waals surface area contributed by atoms with Crippen LogP contribution in [-0.4, -0.2) is 33.1 Å². The molecular weight excluding hydrogens is 352 g/mol. The third-order valence-electron chi connectivity index (χ3n) is 5.53. The quantitative estimate of drug-likeness (QED) is 0.823. The van der Waals surface area contributed by atoms with Gasteiger partial charge in [-0.2, -0.15) is 0 Å². The van der Waals surface area contributed by atoms with Crippen LogP contribution in [0.1, 0.15) is 11.7 Å². The Bertz CT molecular complexity index is 883. The second-order valence-electron chi connectivity index (χ2n) is 7.03. The van der Waals surface area contributed by atoms with E-state index in [4.69, 9.17) is 33.2 Å². The van der Waals surface area contributed by atoms with Gasteiger partial charge in [-0.3, -0.25) is 0 Å². The van der Waals surface area contributed by atoms with E-state index < -0.39 is 0 Å². The van der Waals surface area contributed by atoms with E-state index in [9.17, 15) is 0 Å². The van der Waals surface area contributed by atoms with Crippen LogP contribution in [0.4, 0.5) is 0 Å². The van der Waals surface area contributed by atoms with Crippen molar-refractivity contribution in [2.75, 3.05) is 26.8 Å². The minimum absolute atomic E-state index is 0.0325. The van der Waals surface area contributed by atoms with Gasteiger partial charge in [0.25, 0.3) is 0 Å². The molecule has 0 saturated carbocycles. The molecule has 7 heteroatoms. The lowest BCUT2D eigenvalue weighted by Gasteiger charge is -2.18. The highest BCUT2D eigenvalue weighted by Crippen LogP contribution is 2.47. The van der Waals surface area contributed by atoms with Gasteiger partial charge in [-0.05, 0) is 29.8 Å². The second-order valence-corrected chi connectivity index (χ2v) is 7.03. The monoisotopic (exact) mass is 370 g/mol. The zero-order valence-electron chi connectivity index (χ0n) is 14.5. The molecular formula is C20H18O7. The molecule has 0 radical (unpaired) electrons. The molecule has 6 rings (SSSR count). The Morgan fingerprint density at radius 2 is 1.41 bits per heavy atom. The van der Waals surface area contributed by atoms with Crippen molar-refractivity contribution in [2.45, 2.75) is 12.4 Å². The standard InChI is InChI=1S/C20H18O7/c1-3-15-17(25-9-23-15)5-11(1)19-13-7-22-20(14(13)8-21-19)27-12-2-4-16-18(6-12)26-10-24-16/h1-6,13-14,19-20H,7-10H2/t13-,14-,19+,20+/m1/s1. The fraction of sp³-hybridized carbons (Fsp3) is 0.400. The summed E-state index contributed by atoms with van der Waals surface area (Å²) < 4.78 is 39.8. The number of benzene rings is 2. The zero-order chi connectivity index (χ0) is 17.8. The first kappa shape index (κ1) is 15.4. The lowest BCUT2D eigenvalue weighted by atomic mass is 9.89. The lowest BCUT2D eigenvalue weighted by molar-refractivity contribution is -0.0788. The summed E-state index contributed by atoms with van der Waals surface area (Å²) in [6, 6.07) is 11.5. The normalized spacial score (nSPS) is 29.8. The lowest BCUT2D eigenvalue weighted by Crippen LogP contribution is -2.26. The van der Waals surface area contributed by atoms with E-state index in [0.29, 0.717) is 24.7 Å². The van der Waals surface area contributed by atoms with Crippen LogP contribution in [0.15, 0.2) is 36.4 Å². The summed E-state index contributed by atoms with van der Waals surface area (Å²) in [6.07, 6.45) is -0.371. The molecule has 0 amide bonds. The van der Waals surface area contributed by atoms with E-state index in [2.05, 4.69) is 0 Å². The van der Waals surface area contributed by atoms with Crippen LogP contribution >= 0.6 is 0 Å². The zero-order valence-corrected chi connectivity index (χ0v) is 14.5. The molecule has 2 aromatic rings. The molecule has 27 heavy (non-hydrogen) atoms. The van der Waals surface area contributed by atoms with E-state index >= 15 is 0 Å². The Balaban J connectivity index is 1.19. The third kappa shape index (κ3) is 2.49. The summed E-state index contributed by atoms with van der Waals surface area (Å²) in [6.45, 7) is 1.71. The number of hydrogen-bond donors (Lipinski definition) is 0. The largest absolute Gasteiger partial charge is 0.464 e. The number of hydrogen-bond acceptors (Lipinski definition) is 7. The first-order valence-corrected chi connectivity index (χ1v) is 9.04. The summed E-state index contributed by atoms with van der Waals surface area (Å²) in [5.74, 6) is 4.10. The van der Waals surface area contributed by atoms with Crippen LogP contribution in [0.3, 0.4) is 0 Å². The van der Waals surface area contributed by atoms with Crippen molar-refractivity contribution < 1.29 is 33.2 Å². The summed E-state index contributed by atoms with van der Waals surface area (Å²) in [5.41, 5.74) is 1.08. The highest BCUT2D eigenvalue weighted by molar-refractivity contribution is 5.47. The van der Waals surface area contributed by atoms with Crippen molar-refractivity contribution >= 4 is 0 Å². The van der Waals surface area contributed by atoms with Gasteiger partial charge in [0.05, 0.1) is 25.2 Å². The van der Waals surface area contributed by atoms with E-state index in [1.807, 2.05) is 36.4 Å². The van der Waals surface area contributed by atoms with E-state index in [1.54, 1.807) is 0 Å². The molecule has 4 aliphatic rings. The Kier molecular flexibility index (Phi) is 3.39. The van der Waals surface area contributed by atoms with Crippen LogP contribution in [0.5, 0.6) is 28.7 Å². The summed E-state index contributed by atoms with van der Waals surface area (Å²) in [7, 11) is 0. The molecule has 7 nitrogen and oxygen atoms in total. The number of fused-ring (bicyclic) bond motifs is 3. The molecule has 4 heterocycles. The van der Waals surface area contributed by atoms with Crippen molar-refractivity contribution in [3.8, 4) is 28.7 Å². The molecule has 0 bridgehead atoms. The molecule has 0 unspecified atom stereocenters. The van der Waals surface area contributed by atoms with Gasteiger partial charge in [0.15, 0.2) is 23.0 Å². The average molecular weight is 370 g/mol. The number of rotatable bonds is 3. The first-order chi connectivity index (χ1) is 13.3. The van der Waals surface area contributed by atoms with Crippen LogP contribution in [-0.2, 0) is 9.47 Å². The van der Waals surface area contributed by atoms with Crippen molar-refractivity contribution in [3.05, 3.63) is 42.0 Å². The van der Waals surface area contributed by atoms with Crippen molar-refractivity contribution in [1.82, 2.24) is 0 Å². The van der Waals surface area contributed by atoms with Gasteiger partial charge in [0.1, 0.15) is 5.75 Å². The predicted molar refractivity (Wildman–Crippen MR) is 91.2 cm³/mol. The van der Waals surface area contributed by atoms with Gasteiger partial charge < -0.3 is 33.2 Å². The maximum Gasteiger partial charge on any atom is 0.231 e. The second kappa shape index (κ2) is 5.94. The molecule has 0 aromatic heterocycles. The molecule has 2 saturated heterocycles.